The van der Waals surface area contributed by atoms with E-state index in [0.717, 1.165) is 24.7 Å². The van der Waals surface area contributed by atoms with Crippen molar-refractivity contribution in [2.75, 3.05) is 26.4 Å². The highest BCUT2D eigenvalue weighted by Crippen LogP contribution is 2.12. The molecule has 1 fully saturated rings. The molecule has 1 heterocycles. The van der Waals surface area contributed by atoms with E-state index in [1.54, 1.807) is 0 Å². The number of aliphatic imine (C=N–C) groups is 1. The van der Waals surface area contributed by atoms with Crippen LogP contribution in [0, 0.1) is 11.5 Å². The first-order valence-corrected chi connectivity index (χ1v) is 5.94. The Morgan fingerprint density at radius 1 is 1.71 bits per heavy atom. The molecule has 0 saturated carbocycles. The lowest BCUT2D eigenvalue weighted by molar-refractivity contribution is 0.253. The Hall–Kier alpha value is -0.730. The Labute approximate surface area is 89.4 Å². The zero-order valence-corrected chi connectivity index (χ0v) is 9.47. The van der Waals surface area contributed by atoms with Crippen LogP contribution in [0.25, 0.3) is 0 Å². The number of piperidine rings is 1. The van der Waals surface area contributed by atoms with E-state index in [0.29, 0.717) is 6.04 Å². The molecule has 14 heavy (non-hydrogen) atoms. The van der Waals surface area contributed by atoms with Crippen molar-refractivity contribution in [1.82, 2.24) is 10.2 Å². The zero-order chi connectivity index (χ0) is 10.4. The first-order chi connectivity index (χ1) is 6.76. The summed E-state index contributed by atoms with van der Waals surface area (Å²) in [7, 11) is 2.11. The molecule has 1 rings (SSSR count). The number of thioether (sulfide) groups is 1. The normalized spacial score (nSPS) is 24.4. The lowest BCUT2D eigenvalue weighted by Gasteiger charge is -2.27. The van der Waals surface area contributed by atoms with Gasteiger partial charge in [-0.3, -0.25) is 10.3 Å². The molecule has 0 radical (unpaired) electrons. The number of nitrogens with one attached hydrogen (secondary N) is 1. The Bertz CT molecular complexity index is 246. The van der Waals surface area contributed by atoms with Crippen molar-refractivity contribution >= 4 is 16.9 Å². The van der Waals surface area contributed by atoms with Crippen molar-refractivity contribution in [2.45, 2.75) is 18.9 Å². The van der Waals surface area contributed by atoms with Crippen molar-refractivity contribution in [3.8, 4) is 6.19 Å². The smallest absolute Gasteiger partial charge is 0.183 e. The van der Waals surface area contributed by atoms with Crippen LogP contribution in [0.3, 0.4) is 0 Å². The first kappa shape index (κ1) is 11.3. The summed E-state index contributed by atoms with van der Waals surface area (Å²) in [5.74, 6) is 0. The Kier molecular flexibility index (Phi) is 4.77. The Balaban J connectivity index is 2.51. The quantitative estimate of drug-likeness (QED) is 0.303. The summed E-state index contributed by atoms with van der Waals surface area (Å²) >= 11 is 1.49. The van der Waals surface area contributed by atoms with Gasteiger partial charge in [-0.15, -0.1) is 0 Å². The van der Waals surface area contributed by atoms with E-state index in [1.165, 1.54) is 18.2 Å². The number of amidine groups is 1. The van der Waals surface area contributed by atoms with Crippen molar-refractivity contribution in [3.63, 3.8) is 0 Å². The topological polar surface area (TPSA) is 51.4 Å². The number of hydrogen-bond acceptors (Lipinski definition) is 4. The molecular weight excluding hydrogens is 196 g/mol. The fourth-order valence-electron chi connectivity index (χ4n) is 1.59. The first-order valence-electron chi connectivity index (χ1n) is 4.71. The molecule has 4 nitrogen and oxygen atoms in total. The third kappa shape index (κ3) is 3.56. The van der Waals surface area contributed by atoms with Gasteiger partial charge in [0.25, 0.3) is 0 Å². The van der Waals surface area contributed by atoms with E-state index in [1.807, 2.05) is 12.4 Å². The maximum atomic E-state index is 8.48. The minimum atomic E-state index is 0.344. The van der Waals surface area contributed by atoms with Crippen molar-refractivity contribution in [1.29, 1.82) is 5.26 Å². The molecule has 1 atom stereocenters. The molecule has 1 N–H and O–H groups in total. The van der Waals surface area contributed by atoms with E-state index in [9.17, 15) is 0 Å². The summed E-state index contributed by atoms with van der Waals surface area (Å²) in [5, 5.41) is 11.8. The highest BCUT2D eigenvalue weighted by atomic mass is 32.2. The molecule has 5 heteroatoms. The van der Waals surface area contributed by atoms with E-state index >= 15 is 0 Å². The molecule has 1 aliphatic heterocycles. The molecule has 0 aromatic carbocycles. The Morgan fingerprint density at radius 2 is 2.50 bits per heavy atom. The summed E-state index contributed by atoms with van der Waals surface area (Å²) in [6.45, 7) is 2.16. The maximum absolute atomic E-state index is 8.48. The molecular formula is C9H16N4S. The average molecular weight is 212 g/mol. The second kappa shape index (κ2) is 5.89. The molecule has 0 aliphatic carbocycles. The van der Waals surface area contributed by atoms with Gasteiger partial charge in [0.05, 0.1) is 6.04 Å². The third-order valence-corrected chi connectivity index (χ3v) is 2.85. The van der Waals surface area contributed by atoms with Crippen molar-refractivity contribution < 1.29 is 0 Å². The SMILES string of the molecule is CSC(=NC1CCCN(C)C1)NC#N. The third-order valence-electron chi connectivity index (χ3n) is 2.26. The summed E-state index contributed by atoms with van der Waals surface area (Å²) in [6, 6.07) is 0.344. The molecule has 1 saturated heterocycles. The number of likely N-dealkylation sites (N-methyl/N-ethyl adjacent to an activating group) is 1. The fourth-order valence-corrected chi connectivity index (χ4v) is 2.00. The van der Waals surface area contributed by atoms with E-state index in [2.05, 4.69) is 22.3 Å². The van der Waals surface area contributed by atoms with Crippen molar-refractivity contribution in [3.05, 3.63) is 0 Å². The predicted octanol–water partition coefficient (Wildman–Crippen LogP) is 0.870. The molecule has 1 unspecified atom stereocenters. The molecule has 0 aromatic heterocycles. The van der Waals surface area contributed by atoms with Gasteiger partial charge in [0.1, 0.15) is 0 Å². The minimum Gasteiger partial charge on any atom is -0.304 e. The molecule has 0 bridgehead atoms. The van der Waals surface area contributed by atoms with Crippen LogP contribution in [-0.4, -0.2) is 42.5 Å². The van der Waals surface area contributed by atoms with E-state index in [-0.39, 0.29) is 0 Å². The highest BCUT2D eigenvalue weighted by Gasteiger charge is 2.16. The van der Waals surface area contributed by atoms with Crippen LogP contribution < -0.4 is 5.32 Å². The summed E-state index contributed by atoms with van der Waals surface area (Å²) in [4.78, 5) is 6.78. The van der Waals surface area contributed by atoms with Crippen LogP contribution in [-0.2, 0) is 0 Å². The fraction of sp³-hybridized carbons (Fsp3) is 0.778. The van der Waals surface area contributed by atoms with Crippen LogP contribution in [0.2, 0.25) is 0 Å². The van der Waals surface area contributed by atoms with Crippen molar-refractivity contribution in [2.24, 2.45) is 4.99 Å². The lowest BCUT2D eigenvalue weighted by Crippen LogP contribution is -2.35. The monoisotopic (exact) mass is 212 g/mol. The van der Waals surface area contributed by atoms with Gasteiger partial charge in [-0.05, 0) is 32.7 Å². The van der Waals surface area contributed by atoms with Gasteiger partial charge in [-0.2, -0.15) is 5.26 Å². The van der Waals surface area contributed by atoms with Gasteiger partial charge in [-0.1, -0.05) is 11.8 Å². The predicted molar refractivity (Wildman–Crippen MR) is 60.2 cm³/mol. The van der Waals surface area contributed by atoms with Gasteiger partial charge in [0, 0.05) is 6.54 Å². The van der Waals surface area contributed by atoms with Crippen LogP contribution in [0.15, 0.2) is 4.99 Å². The molecule has 0 spiro atoms. The maximum Gasteiger partial charge on any atom is 0.183 e. The highest BCUT2D eigenvalue weighted by molar-refractivity contribution is 8.13. The number of nitriles is 1. The standard InChI is InChI=1S/C9H16N4S/c1-13-5-3-4-8(6-13)12-9(14-2)11-7-10/h8H,3-6H2,1-2H3,(H,11,12). The number of nitrogens with zero attached hydrogens (tertiary/aromatic N) is 3. The summed E-state index contributed by atoms with van der Waals surface area (Å²) in [5.41, 5.74) is 0. The number of likely N-dealkylation sites (tertiary alicyclic amines) is 1. The van der Waals surface area contributed by atoms with Gasteiger partial charge in [0.2, 0.25) is 0 Å². The zero-order valence-electron chi connectivity index (χ0n) is 8.66. The van der Waals surface area contributed by atoms with E-state index in [4.69, 9.17) is 5.26 Å². The van der Waals surface area contributed by atoms with Gasteiger partial charge >= 0.3 is 0 Å². The van der Waals surface area contributed by atoms with Crippen LogP contribution in [0.4, 0.5) is 0 Å². The second-order valence-corrected chi connectivity index (χ2v) is 4.23. The van der Waals surface area contributed by atoms with Crippen LogP contribution >= 0.6 is 11.8 Å². The molecule has 0 aromatic rings. The van der Waals surface area contributed by atoms with E-state index < -0.39 is 0 Å². The Morgan fingerprint density at radius 3 is 3.07 bits per heavy atom. The van der Waals surface area contributed by atoms with Crippen LogP contribution in [0.5, 0.6) is 0 Å². The summed E-state index contributed by atoms with van der Waals surface area (Å²) in [6.07, 6.45) is 6.15. The number of rotatable bonds is 1. The average Bonchev–Trinajstić information content (AvgIpc) is 2.17. The number of hydrogen-bond donors (Lipinski definition) is 1. The largest absolute Gasteiger partial charge is 0.304 e. The van der Waals surface area contributed by atoms with Gasteiger partial charge < -0.3 is 4.90 Å². The van der Waals surface area contributed by atoms with Gasteiger partial charge in [-0.25, -0.2) is 0 Å². The van der Waals surface area contributed by atoms with Crippen LogP contribution in [0.1, 0.15) is 12.8 Å². The molecule has 0 amide bonds. The van der Waals surface area contributed by atoms with Gasteiger partial charge in [0.15, 0.2) is 11.4 Å². The second-order valence-electron chi connectivity index (χ2n) is 3.43. The molecule has 1 aliphatic rings. The summed E-state index contributed by atoms with van der Waals surface area (Å²) < 4.78 is 0. The minimum absolute atomic E-state index is 0.344. The lowest BCUT2D eigenvalue weighted by atomic mass is 10.1. The molecule has 78 valence electrons.